The topological polar surface area (TPSA) is 20.9 Å². The summed E-state index contributed by atoms with van der Waals surface area (Å²) >= 11 is 0. The summed E-state index contributed by atoms with van der Waals surface area (Å²) in [7, 11) is 0. The molecule has 2 rings (SSSR count). The van der Waals surface area contributed by atoms with Crippen LogP contribution in [0.15, 0.2) is 60.9 Å². The van der Waals surface area contributed by atoms with E-state index in [4.69, 9.17) is 0 Å². The van der Waals surface area contributed by atoms with Crippen molar-refractivity contribution in [2.24, 2.45) is 0 Å². The van der Waals surface area contributed by atoms with E-state index in [0.29, 0.717) is 5.56 Å². The van der Waals surface area contributed by atoms with E-state index in [0.717, 1.165) is 5.56 Å². The molecule has 0 radical (unpaired) electrons. The number of ketones is 1. The van der Waals surface area contributed by atoms with Crippen LogP contribution in [0.25, 0.3) is 6.20 Å². The van der Waals surface area contributed by atoms with Crippen molar-refractivity contribution in [1.29, 1.82) is 0 Å². The third-order valence-electron chi connectivity index (χ3n) is 2.43. The van der Waals surface area contributed by atoms with Crippen molar-refractivity contribution >= 4 is 12.0 Å². The van der Waals surface area contributed by atoms with Crippen LogP contribution in [0.2, 0.25) is 0 Å². The highest BCUT2D eigenvalue weighted by atomic mass is 16.1. The number of carbonyl (C=O) groups excluding carboxylic acids is 1. The number of aromatic nitrogens is 1. The average Bonchev–Trinajstić information content (AvgIpc) is 2.37. The molecule has 0 spiro atoms. The van der Waals surface area contributed by atoms with Crippen molar-refractivity contribution in [3.8, 4) is 0 Å². The maximum absolute atomic E-state index is 11.8. The van der Waals surface area contributed by atoms with Crippen molar-refractivity contribution in [2.75, 3.05) is 0 Å². The number of nitrogens with zero attached hydrogens (tertiary/aromatic N) is 1. The van der Waals surface area contributed by atoms with Gasteiger partial charge in [0.15, 0.2) is 24.4 Å². The minimum atomic E-state index is 0.0135. The summed E-state index contributed by atoms with van der Waals surface area (Å²) in [5.41, 5.74) is 1.86. The molecule has 2 heteroatoms. The molecule has 17 heavy (non-hydrogen) atoms. The molecule has 0 saturated heterocycles. The van der Waals surface area contributed by atoms with Crippen LogP contribution in [0.1, 0.15) is 15.9 Å². The quantitative estimate of drug-likeness (QED) is 0.446. The average molecular weight is 224 g/mol. The summed E-state index contributed by atoms with van der Waals surface area (Å²) in [4.78, 5) is 11.8. The second-order valence-corrected chi connectivity index (χ2v) is 3.87. The number of carbonyl (C=O) groups is 1. The SMILES string of the molecule is Cc1ccc[n+](/C=C/C(=O)c2ccccc2)c1. The van der Waals surface area contributed by atoms with E-state index in [1.165, 1.54) is 0 Å². The summed E-state index contributed by atoms with van der Waals surface area (Å²) in [5.74, 6) is 0.0135. The van der Waals surface area contributed by atoms with Crippen LogP contribution in [0.3, 0.4) is 0 Å². The standard InChI is InChI=1S/C15H14NO/c1-13-6-5-10-16(12-13)11-9-15(17)14-7-3-2-4-8-14/h2-12H,1H3/q+1/b11-9+. The van der Waals surface area contributed by atoms with Crippen LogP contribution in [0, 0.1) is 6.92 Å². The fraction of sp³-hybridized carbons (Fsp3) is 0.0667. The second kappa shape index (κ2) is 5.21. The summed E-state index contributed by atoms with van der Waals surface area (Å²) in [6.45, 7) is 2.02. The van der Waals surface area contributed by atoms with Crippen molar-refractivity contribution < 1.29 is 9.36 Å². The normalized spacial score (nSPS) is 10.6. The molecule has 84 valence electrons. The molecule has 2 aromatic rings. The lowest BCUT2D eigenvalue weighted by Crippen LogP contribution is -2.25. The van der Waals surface area contributed by atoms with Crippen LogP contribution in [-0.2, 0) is 0 Å². The van der Waals surface area contributed by atoms with Gasteiger partial charge < -0.3 is 0 Å². The molecule has 0 N–H and O–H groups in total. The highest BCUT2D eigenvalue weighted by Gasteiger charge is 2.01. The maximum Gasteiger partial charge on any atom is 0.191 e. The van der Waals surface area contributed by atoms with Gasteiger partial charge in [-0.25, -0.2) is 0 Å². The summed E-state index contributed by atoms with van der Waals surface area (Å²) < 4.78 is 1.87. The van der Waals surface area contributed by atoms with Gasteiger partial charge in [-0.1, -0.05) is 30.3 Å². The second-order valence-electron chi connectivity index (χ2n) is 3.87. The van der Waals surface area contributed by atoms with E-state index in [9.17, 15) is 4.79 Å². The molecule has 0 bridgehead atoms. The maximum atomic E-state index is 11.8. The minimum Gasteiger partial charge on any atom is -0.289 e. The van der Waals surface area contributed by atoms with Gasteiger partial charge in [0, 0.05) is 17.2 Å². The Balaban J connectivity index is 2.14. The third kappa shape index (κ3) is 3.11. The number of benzene rings is 1. The van der Waals surface area contributed by atoms with Crippen molar-refractivity contribution in [3.63, 3.8) is 0 Å². The van der Waals surface area contributed by atoms with Crippen molar-refractivity contribution in [3.05, 3.63) is 72.1 Å². The van der Waals surface area contributed by atoms with Gasteiger partial charge in [-0.05, 0) is 13.0 Å². The van der Waals surface area contributed by atoms with Gasteiger partial charge in [0.05, 0.1) is 6.08 Å². The number of rotatable bonds is 3. The first-order valence-corrected chi connectivity index (χ1v) is 5.51. The largest absolute Gasteiger partial charge is 0.289 e. The Morgan fingerprint density at radius 1 is 1.12 bits per heavy atom. The van der Waals surface area contributed by atoms with Crippen LogP contribution >= 0.6 is 0 Å². The zero-order valence-corrected chi connectivity index (χ0v) is 9.71. The summed E-state index contributed by atoms with van der Waals surface area (Å²) in [5, 5.41) is 0. The predicted octanol–water partition coefficient (Wildman–Crippen LogP) is 2.64. The van der Waals surface area contributed by atoms with E-state index in [-0.39, 0.29) is 5.78 Å². The van der Waals surface area contributed by atoms with Gasteiger partial charge in [-0.2, -0.15) is 4.57 Å². The van der Waals surface area contributed by atoms with Crippen LogP contribution in [0.4, 0.5) is 0 Å². The first-order chi connectivity index (χ1) is 8.25. The molecule has 1 aromatic heterocycles. The number of hydrogen-bond acceptors (Lipinski definition) is 1. The molecule has 0 amide bonds. The lowest BCUT2D eigenvalue weighted by molar-refractivity contribution is -0.568. The Kier molecular flexibility index (Phi) is 3.46. The van der Waals surface area contributed by atoms with Gasteiger partial charge in [0.2, 0.25) is 0 Å². The number of pyridine rings is 1. The van der Waals surface area contributed by atoms with Crippen LogP contribution in [0.5, 0.6) is 0 Å². The highest BCUT2D eigenvalue weighted by Crippen LogP contribution is 2.00. The molecule has 0 saturated carbocycles. The monoisotopic (exact) mass is 224 g/mol. The van der Waals surface area contributed by atoms with Gasteiger partial charge in [-0.3, -0.25) is 4.79 Å². The van der Waals surface area contributed by atoms with Gasteiger partial charge in [0.1, 0.15) is 0 Å². The van der Waals surface area contributed by atoms with Gasteiger partial charge in [-0.15, -0.1) is 0 Å². The van der Waals surface area contributed by atoms with Crippen LogP contribution in [-0.4, -0.2) is 5.78 Å². The Bertz CT molecular complexity index is 544. The molecule has 0 atom stereocenters. The predicted molar refractivity (Wildman–Crippen MR) is 67.5 cm³/mol. The molecule has 0 aliphatic heterocycles. The Hall–Kier alpha value is -2.22. The zero-order valence-electron chi connectivity index (χ0n) is 9.71. The molecule has 0 aliphatic rings. The molecule has 0 aliphatic carbocycles. The smallest absolute Gasteiger partial charge is 0.191 e. The Morgan fingerprint density at radius 2 is 1.88 bits per heavy atom. The molecular formula is C15H14NO+. The summed E-state index contributed by atoms with van der Waals surface area (Å²) in [6, 6.07) is 13.2. The number of hydrogen-bond donors (Lipinski definition) is 0. The first-order valence-electron chi connectivity index (χ1n) is 5.51. The molecular weight excluding hydrogens is 210 g/mol. The fourth-order valence-electron chi connectivity index (χ4n) is 1.56. The minimum absolute atomic E-state index is 0.0135. The van der Waals surface area contributed by atoms with Crippen molar-refractivity contribution in [2.45, 2.75) is 6.92 Å². The van der Waals surface area contributed by atoms with E-state index < -0.39 is 0 Å². The Morgan fingerprint density at radius 3 is 2.59 bits per heavy atom. The molecule has 1 aromatic carbocycles. The lowest BCUT2D eigenvalue weighted by Gasteiger charge is -1.93. The fourth-order valence-corrected chi connectivity index (χ4v) is 1.56. The van der Waals surface area contributed by atoms with Gasteiger partial charge >= 0.3 is 0 Å². The molecule has 2 nitrogen and oxygen atoms in total. The molecule has 0 fully saturated rings. The van der Waals surface area contributed by atoms with E-state index in [1.807, 2.05) is 66.3 Å². The van der Waals surface area contributed by atoms with E-state index in [2.05, 4.69) is 0 Å². The third-order valence-corrected chi connectivity index (χ3v) is 2.43. The van der Waals surface area contributed by atoms with Gasteiger partial charge in [0.25, 0.3) is 0 Å². The van der Waals surface area contributed by atoms with E-state index in [1.54, 1.807) is 12.3 Å². The number of aryl methyl sites for hydroxylation is 1. The molecule has 0 unspecified atom stereocenters. The van der Waals surface area contributed by atoms with E-state index >= 15 is 0 Å². The van der Waals surface area contributed by atoms with Crippen molar-refractivity contribution in [1.82, 2.24) is 0 Å². The number of allylic oxidation sites excluding steroid dienone is 1. The van der Waals surface area contributed by atoms with Crippen LogP contribution < -0.4 is 4.57 Å². The molecule has 1 heterocycles. The highest BCUT2D eigenvalue weighted by molar-refractivity contribution is 6.05. The Labute approximate surface area is 101 Å². The lowest BCUT2D eigenvalue weighted by atomic mass is 10.1. The first kappa shape index (κ1) is 11.3. The summed E-state index contributed by atoms with van der Waals surface area (Å²) in [6.07, 6.45) is 7.22. The zero-order chi connectivity index (χ0) is 12.1.